The third kappa shape index (κ3) is 2.95. The van der Waals surface area contributed by atoms with Gasteiger partial charge in [-0.15, -0.1) is 0 Å². The number of hydrogen-bond donors (Lipinski definition) is 1. The Kier molecular flexibility index (Phi) is 4.36. The van der Waals surface area contributed by atoms with E-state index >= 15 is 0 Å². The van der Waals surface area contributed by atoms with E-state index in [0.717, 1.165) is 13.8 Å². The Balaban J connectivity index is 2.18. The Morgan fingerprint density at radius 1 is 1.07 bits per heavy atom. The summed E-state index contributed by atoms with van der Waals surface area (Å²) in [6.45, 7) is 1.86. The lowest BCUT2D eigenvalue weighted by molar-refractivity contribution is 0.0697. The van der Waals surface area contributed by atoms with Crippen molar-refractivity contribution in [1.82, 2.24) is 18.2 Å². The minimum absolute atomic E-state index is 0.000856. The minimum Gasteiger partial charge on any atom is -0.478 e. The molecular formula is C20H18N4O4S. The number of imidazole rings is 1. The van der Waals surface area contributed by atoms with Gasteiger partial charge in [-0.25, -0.2) is 18.7 Å². The summed E-state index contributed by atoms with van der Waals surface area (Å²) in [6.07, 6.45) is 0. The number of para-hydroxylation sites is 3. The zero-order chi connectivity index (χ0) is 20.9. The number of aromatic carboxylic acids is 1. The van der Waals surface area contributed by atoms with Crippen LogP contribution in [-0.4, -0.2) is 51.8 Å². The highest BCUT2D eigenvalue weighted by Gasteiger charge is 2.28. The van der Waals surface area contributed by atoms with Crippen LogP contribution in [0, 0.1) is 6.92 Å². The molecule has 9 heteroatoms. The summed E-state index contributed by atoms with van der Waals surface area (Å²) in [7, 11) is -1.18. The third-order valence-corrected chi connectivity index (χ3v) is 6.46. The van der Waals surface area contributed by atoms with E-state index in [2.05, 4.69) is 9.97 Å². The molecule has 0 fully saturated rings. The highest BCUT2D eigenvalue weighted by molar-refractivity contribution is 7.87. The first-order chi connectivity index (χ1) is 13.7. The number of carboxylic acid groups (broad SMARTS) is 1. The second-order valence-corrected chi connectivity index (χ2v) is 8.81. The van der Waals surface area contributed by atoms with Gasteiger partial charge in [0.1, 0.15) is 5.69 Å². The zero-order valence-electron chi connectivity index (χ0n) is 16.0. The average molecular weight is 410 g/mol. The molecule has 0 bridgehead atoms. The number of hydrogen-bond acceptors (Lipinski definition) is 5. The van der Waals surface area contributed by atoms with Gasteiger partial charge in [-0.3, -0.25) is 0 Å². The predicted octanol–water partition coefficient (Wildman–Crippen LogP) is 2.91. The molecule has 0 saturated carbocycles. The summed E-state index contributed by atoms with van der Waals surface area (Å²) in [5.41, 5.74) is 2.09. The molecule has 2 aromatic carbocycles. The largest absolute Gasteiger partial charge is 0.478 e. The topological polar surface area (TPSA) is 105 Å². The first-order valence-electron chi connectivity index (χ1n) is 8.76. The second-order valence-electron chi connectivity index (χ2n) is 6.82. The first-order valence-corrected chi connectivity index (χ1v) is 10.2. The van der Waals surface area contributed by atoms with E-state index in [9.17, 15) is 18.3 Å². The van der Waals surface area contributed by atoms with Crippen molar-refractivity contribution in [3.63, 3.8) is 0 Å². The molecule has 8 nitrogen and oxygen atoms in total. The van der Waals surface area contributed by atoms with Crippen molar-refractivity contribution >= 4 is 38.1 Å². The third-order valence-electron chi connectivity index (χ3n) is 4.70. The van der Waals surface area contributed by atoms with Crippen LogP contribution in [0.2, 0.25) is 0 Å². The molecule has 4 rings (SSSR count). The summed E-state index contributed by atoms with van der Waals surface area (Å²) < 4.78 is 28.3. The van der Waals surface area contributed by atoms with Gasteiger partial charge < -0.3 is 5.11 Å². The maximum atomic E-state index is 13.1. The molecule has 2 heterocycles. The van der Waals surface area contributed by atoms with E-state index in [1.54, 1.807) is 30.3 Å². The Labute approximate surface area is 167 Å². The smallest absolute Gasteiger partial charge is 0.338 e. The molecule has 0 amide bonds. The van der Waals surface area contributed by atoms with Crippen LogP contribution in [0.1, 0.15) is 15.9 Å². The van der Waals surface area contributed by atoms with Crippen LogP contribution in [0.15, 0.2) is 48.5 Å². The maximum Gasteiger partial charge on any atom is 0.338 e. The van der Waals surface area contributed by atoms with Gasteiger partial charge in [0.25, 0.3) is 0 Å². The van der Waals surface area contributed by atoms with Crippen molar-refractivity contribution in [2.24, 2.45) is 0 Å². The summed E-state index contributed by atoms with van der Waals surface area (Å²) in [6, 6.07) is 13.7. The van der Waals surface area contributed by atoms with Gasteiger partial charge in [0.15, 0.2) is 5.82 Å². The zero-order valence-corrected chi connectivity index (χ0v) is 16.8. The number of carbonyl (C=O) groups is 1. The number of pyridine rings is 1. The highest BCUT2D eigenvalue weighted by Crippen LogP contribution is 2.31. The number of rotatable bonds is 4. The standard InChI is InChI=1S/C20H18N4O4S/c1-12-7-6-8-13-11-14(20(25)26)18(22-17(12)13)19-21-15-9-4-5-10-16(15)24(19)29(27,28)23(2)3/h4-11H,1-3H3,(H,25,26). The van der Waals surface area contributed by atoms with Crippen LogP contribution in [0.3, 0.4) is 0 Å². The second kappa shape index (κ2) is 6.64. The number of carboxylic acids is 1. The predicted molar refractivity (Wildman–Crippen MR) is 110 cm³/mol. The van der Waals surface area contributed by atoms with Crippen molar-refractivity contribution in [2.75, 3.05) is 14.1 Å². The molecule has 0 saturated heterocycles. The van der Waals surface area contributed by atoms with Crippen molar-refractivity contribution < 1.29 is 18.3 Å². The van der Waals surface area contributed by atoms with Gasteiger partial charge in [0.2, 0.25) is 0 Å². The minimum atomic E-state index is -3.99. The normalized spacial score (nSPS) is 12.1. The fraction of sp³-hybridized carbons (Fsp3) is 0.150. The van der Waals surface area contributed by atoms with Crippen LogP contribution < -0.4 is 0 Å². The van der Waals surface area contributed by atoms with Crippen LogP contribution in [0.4, 0.5) is 0 Å². The van der Waals surface area contributed by atoms with E-state index < -0.39 is 16.2 Å². The summed E-state index contributed by atoms with van der Waals surface area (Å²) in [5, 5.41) is 10.5. The quantitative estimate of drug-likeness (QED) is 0.555. The van der Waals surface area contributed by atoms with Crippen LogP contribution in [0.25, 0.3) is 33.5 Å². The molecular weight excluding hydrogens is 392 g/mol. The molecule has 0 atom stereocenters. The first kappa shape index (κ1) is 19.0. The molecule has 4 aromatic rings. The van der Waals surface area contributed by atoms with Crippen LogP contribution in [-0.2, 0) is 10.2 Å². The van der Waals surface area contributed by atoms with Crippen molar-refractivity contribution in [1.29, 1.82) is 0 Å². The highest BCUT2D eigenvalue weighted by atomic mass is 32.2. The van der Waals surface area contributed by atoms with E-state index in [-0.39, 0.29) is 17.1 Å². The molecule has 0 unspecified atom stereocenters. The van der Waals surface area contributed by atoms with E-state index in [1.165, 1.54) is 20.2 Å². The van der Waals surface area contributed by atoms with Gasteiger partial charge in [0.05, 0.1) is 22.1 Å². The van der Waals surface area contributed by atoms with Crippen molar-refractivity contribution in [2.45, 2.75) is 6.92 Å². The van der Waals surface area contributed by atoms with Gasteiger partial charge >= 0.3 is 16.2 Å². The molecule has 0 aliphatic heterocycles. The Bertz CT molecular complexity index is 1390. The van der Waals surface area contributed by atoms with E-state index in [1.807, 2.05) is 19.1 Å². The van der Waals surface area contributed by atoms with Crippen molar-refractivity contribution in [3.05, 3.63) is 59.7 Å². The lowest BCUT2D eigenvalue weighted by Gasteiger charge is -2.16. The summed E-state index contributed by atoms with van der Waals surface area (Å²) in [4.78, 5) is 21.0. The lowest BCUT2D eigenvalue weighted by atomic mass is 10.1. The monoisotopic (exact) mass is 410 g/mol. The summed E-state index contributed by atoms with van der Waals surface area (Å²) >= 11 is 0. The Morgan fingerprint density at radius 2 is 1.79 bits per heavy atom. The van der Waals surface area contributed by atoms with Gasteiger partial charge in [-0.05, 0) is 30.7 Å². The number of aryl methyl sites for hydroxylation is 1. The van der Waals surface area contributed by atoms with E-state index in [0.29, 0.717) is 21.9 Å². The van der Waals surface area contributed by atoms with Crippen LogP contribution >= 0.6 is 0 Å². The molecule has 148 valence electrons. The Morgan fingerprint density at radius 3 is 2.48 bits per heavy atom. The number of aromatic nitrogens is 3. The molecule has 0 radical (unpaired) electrons. The molecule has 0 aliphatic carbocycles. The van der Waals surface area contributed by atoms with E-state index in [4.69, 9.17) is 0 Å². The number of benzene rings is 2. The summed E-state index contributed by atoms with van der Waals surface area (Å²) in [5.74, 6) is -1.25. The Hall–Kier alpha value is -3.30. The number of nitrogens with zero attached hydrogens (tertiary/aromatic N) is 4. The SMILES string of the molecule is Cc1cccc2cc(C(=O)O)c(-c3nc4ccccc4n3S(=O)(=O)N(C)C)nc12. The molecule has 0 aliphatic rings. The number of fused-ring (bicyclic) bond motifs is 2. The van der Waals surface area contributed by atoms with Crippen molar-refractivity contribution in [3.8, 4) is 11.5 Å². The molecule has 2 aromatic heterocycles. The fourth-order valence-electron chi connectivity index (χ4n) is 3.23. The lowest BCUT2D eigenvalue weighted by Crippen LogP contribution is -2.29. The molecule has 1 N–H and O–H groups in total. The molecule has 0 spiro atoms. The molecule has 29 heavy (non-hydrogen) atoms. The fourth-order valence-corrected chi connectivity index (χ4v) is 4.31. The van der Waals surface area contributed by atoms with Crippen LogP contribution in [0.5, 0.6) is 0 Å². The maximum absolute atomic E-state index is 13.1. The van der Waals surface area contributed by atoms with Gasteiger partial charge in [-0.1, -0.05) is 30.3 Å². The van der Waals surface area contributed by atoms with Gasteiger partial charge in [-0.2, -0.15) is 12.7 Å². The average Bonchev–Trinajstić information content (AvgIpc) is 3.07. The van der Waals surface area contributed by atoms with Gasteiger partial charge in [0, 0.05) is 19.5 Å².